The van der Waals surface area contributed by atoms with Gasteiger partial charge in [0, 0.05) is 0 Å². The molecule has 2 heterocycles. The summed E-state index contributed by atoms with van der Waals surface area (Å²) in [6.45, 7) is 14.7. The molecule has 0 radical (unpaired) electrons. The van der Waals surface area contributed by atoms with Crippen molar-refractivity contribution >= 4 is 13.8 Å². The summed E-state index contributed by atoms with van der Waals surface area (Å²) >= 11 is 0. The van der Waals surface area contributed by atoms with Crippen LogP contribution in [0.25, 0.3) is 0 Å². The maximum atomic E-state index is 5.97. The van der Waals surface area contributed by atoms with Crippen LogP contribution in [0.15, 0.2) is 4.99 Å². The molecule has 0 aromatic carbocycles. The molecule has 0 aliphatic carbocycles. The maximum Gasteiger partial charge on any atom is 0.191 e. The smallest absolute Gasteiger partial charge is 0.191 e. The molecule has 0 aromatic rings. The van der Waals surface area contributed by atoms with Gasteiger partial charge in [-0.25, -0.2) is 4.99 Å². The van der Waals surface area contributed by atoms with Crippen LogP contribution in [-0.4, -0.2) is 35.5 Å². The zero-order valence-corrected chi connectivity index (χ0v) is 13.7. The summed E-state index contributed by atoms with van der Waals surface area (Å²) in [7, 11) is 0.0287. The van der Waals surface area contributed by atoms with Gasteiger partial charge in [0.05, 0.1) is 11.7 Å². The van der Waals surface area contributed by atoms with Gasteiger partial charge in [0.15, 0.2) is 5.90 Å². The lowest BCUT2D eigenvalue weighted by atomic mass is 9.88. The van der Waals surface area contributed by atoms with Crippen molar-refractivity contribution in [2.75, 3.05) is 12.8 Å². The summed E-state index contributed by atoms with van der Waals surface area (Å²) in [5.74, 6) is 1.09. The molecule has 2 rings (SSSR count). The van der Waals surface area contributed by atoms with E-state index in [0.29, 0.717) is 16.9 Å². The van der Waals surface area contributed by atoms with Crippen molar-refractivity contribution in [3.05, 3.63) is 0 Å². The molecule has 18 heavy (non-hydrogen) atoms. The number of ether oxygens (including phenoxy) is 1. The monoisotopic (exact) mass is 269 g/mol. The second-order valence-electron chi connectivity index (χ2n) is 7.68. The van der Waals surface area contributed by atoms with Crippen LogP contribution in [0, 0.1) is 5.41 Å². The lowest BCUT2D eigenvalue weighted by Crippen LogP contribution is -2.25. The van der Waals surface area contributed by atoms with Crippen LogP contribution in [0.5, 0.6) is 0 Å². The predicted octanol–water partition coefficient (Wildman–Crippen LogP) is 4.27. The lowest BCUT2D eigenvalue weighted by molar-refractivity contribution is 0.233. The molecule has 104 valence electrons. The van der Waals surface area contributed by atoms with Gasteiger partial charge in [0.2, 0.25) is 0 Å². The summed E-state index contributed by atoms with van der Waals surface area (Å²) in [6, 6.07) is 0.352. The standard InChI is InChI=1S/C15H28NOP/c1-14(2,3)12-10-17-13(16-12)11-8-7-9-18(11)15(4,5)6/h11-12H,7-10H2,1-6H3/t11-,12+,18?/m1/s1. The summed E-state index contributed by atoms with van der Waals surface area (Å²) in [4.78, 5) is 4.92. The van der Waals surface area contributed by atoms with E-state index in [2.05, 4.69) is 41.5 Å². The normalized spacial score (nSPS) is 33.4. The fraction of sp³-hybridized carbons (Fsp3) is 0.933. The Bertz CT molecular complexity index is 337. The quantitative estimate of drug-likeness (QED) is 0.651. The molecule has 0 aromatic heterocycles. The minimum Gasteiger partial charge on any atom is -0.478 e. The Kier molecular flexibility index (Phi) is 3.80. The number of aliphatic imine (C=N–C) groups is 1. The minimum absolute atomic E-state index is 0.0287. The van der Waals surface area contributed by atoms with Gasteiger partial charge >= 0.3 is 0 Å². The van der Waals surface area contributed by atoms with E-state index in [-0.39, 0.29) is 13.3 Å². The molecule has 2 nitrogen and oxygen atoms in total. The molecule has 0 bridgehead atoms. The summed E-state index contributed by atoms with van der Waals surface area (Å²) in [5, 5.41) is 0.433. The topological polar surface area (TPSA) is 21.6 Å². The number of nitrogens with zero attached hydrogens (tertiary/aromatic N) is 1. The van der Waals surface area contributed by atoms with Gasteiger partial charge in [-0.05, 0) is 29.6 Å². The van der Waals surface area contributed by atoms with Gasteiger partial charge in [-0.1, -0.05) is 49.5 Å². The molecule has 3 atom stereocenters. The van der Waals surface area contributed by atoms with Crippen LogP contribution in [0.1, 0.15) is 54.4 Å². The van der Waals surface area contributed by atoms with Gasteiger partial charge in [0.25, 0.3) is 0 Å². The van der Waals surface area contributed by atoms with Crippen LogP contribution < -0.4 is 0 Å². The van der Waals surface area contributed by atoms with Crippen LogP contribution in [0.3, 0.4) is 0 Å². The molecule has 0 spiro atoms. The molecule has 1 unspecified atom stereocenters. The zero-order chi connectivity index (χ0) is 13.6. The Balaban J connectivity index is 2.13. The van der Waals surface area contributed by atoms with Crippen molar-refractivity contribution in [1.29, 1.82) is 0 Å². The predicted molar refractivity (Wildman–Crippen MR) is 81.2 cm³/mol. The molecule has 0 saturated carbocycles. The van der Waals surface area contributed by atoms with Crippen molar-refractivity contribution in [1.82, 2.24) is 0 Å². The average Bonchev–Trinajstić information content (AvgIpc) is 2.84. The SMILES string of the molecule is CC(C)(C)[C@@H]1COC([C@H]2CCCP2C(C)(C)C)=N1. The van der Waals surface area contributed by atoms with E-state index in [1.54, 1.807) is 0 Å². The fourth-order valence-corrected chi connectivity index (χ4v) is 6.19. The third-order valence-corrected chi connectivity index (χ3v) is 7.82. The first-order valence-corrected chi connectivity index (χ1v) is 8.76. The van der Waals surface area contributed by atoms with Crippen molar-refractivity contribution in [2.45, 2.75) is 71.2 Å². The molecule has 3 heteroatoms. The van der Waals surface area contributed by atoms with Gasteiger partial charge < -0.3 is 4.74 Å². The third-order valence-electron chi connectivity index (χ3n) is 4.07. The first kappa shape index (κ1) is 14.3. The van der Waals surface area contributed by atoms with Crippen LogP contribution >= 0.6 is 7.92 Å². The summed E-state index contributed by atoms with van der Waals surface area (Å²) < 4.78 is 5.97. The van der Waals surface area contributed by atoms with E-state index in [4.69, 9.17) is 9.73 Å². The van der Waals surface area contributed by atoms with Crippen molar-refractivity contribution < 1.29 is 4.74 Å². The molecule has 1 fully saturated rings. The van der Waals surface area contributed by atoms with Crippen LogP contribution in [-0.2, 0) is 4.74 Å². The Morgan fingerprint density at radius 1 is 1.17 bits per heavy atom. The average molecular weight is 269 g/mol. The Morgan fingerprint density at radius 3 is 2.33 bits per heavy atom. The van der Waals surface area contributed by atoms with E-state index in [1.807, 2.05) is 0 Å². The van der Waals surface area contributed by atoms with Gasteiger partial charge in [0.1, 0.15) is 6.61 Å². The van der Waals surface area contributed by atoms with Gasteiger partial charge in [-0.3, -0.25) is 0 Å². The van der Waals surface area contributed by atoms with Crippen LogP contribution in [0.4, 0.5) is 0 Å². The highest BCUT2D eigenvalue weighted by Gasteiger charge is 2.42. The highest BCUT2D eigenvalue weighted by molar-refractivity contribution is 7.61. The number of rotatable bonds is 1. The summed E-state index contributed by atoms with van der Waals surface area (Å²) in [6.07, 6.45) is 4.04. The van der Waals surface area contributed by atoms with Crippen molar-refractivity contribution in [3.63, 3.8) is 0 Å². The first-order chi connectivity index (χ1) is 8.19. The zero-order valence-electron chi connectivity index (χ0n) is 12.8. The maximum absolute atomic E-state index is 5.97. The second-order valence-corrected chi connectivity index (χ2v) is 11.0. The van der Waals surface area contributed by atoms with E-state index in [0.717, 1.165) is 12.5 Å². The molecule has 0 amide bonds. The molecular weight excluding hydrogens is 241 g/mol. The largest absolute Gasteiger partial charge is 0.478 e. The Labute approximate surface area is 113 Å². The summed E-state index contributed by atoms with van der Waals surface area (Å²) in [5.41, 5.74) is 0.859. The van der Waals surface area contributed by atoms with E-state index < -0.39 is 0 Å². The van der Waals surface area contributed by atoms with Gasteiger partial charge in [-0.15, -0.1) is 0 Å². The first-order valence-electron chi connectivity index (χ1n) is 7.17. The molecule has 0 N–H and O–H groups in total. The van der Waals surface area contributed by atoms with Crippen molar-refractivity contribution in [2.24, 2.45) is 10.4 Å². The van der Waals surface area contributed by atoms with E-state index in [9.17, 15) is 0 Å². The Morgan fingerprint density at radius 2 is 1.83 bits per heavy atom. The van der Waals surface area contributed by atoms with Crippen LogP contribution in [0.2, 0.25) is 0 Å². The Hall–Kier alpha value is -0.100. The molecular formula is C15H28NOP. The number of hydrogen-bond acceptors (Lipinski definition) is 2. The van der Waals surface area contributed by atoms with Crippen molar-refractivity contribution in [3.8, 4) is 0 Å². The van der Waals surface area contributed by atoms with E-state index >= 15 is 0 Å². The molecule has 2 aliphatic heterocycles. The highest BCUT2D eigenvalue weighted by atomic mass is 31.1. The molecule has 1 saturated heterocycles. The van der Waals surface area contributed by atoms with Gasteiger partial charge in [-0.2, -0.15) is 0 Å². The third kappa shape index (κ3) is 2.90. The highest BCUT2D eigenvalue weighted by Crippen LogP contribution is 2.60. The lowest BCUT2D eigenvalue weighted by Gasteiger charge is -2.32. The molecule has 2 aliphatic rings. The fourth-order valence-electron chi connectivity index (χ4n) is 2.84. The van der Waals surface area contributed by atoms with E-state index in [1.165, 1.54) is 19.0 Å². The minimum atomic E-state index is 0.0287. The second kappa shape index (κ2) is 4.78. The number of hydrogen-bond donors (Lipinski definition) is 0.